The molecule has 0 bridgehead atoms. The summed E-state index contributed by atoms with van der Waals surface area (Å²) in [5.41, 5.74) is 1.39. The second-order valence-corrected chi connectivity index (χ2v) is 7.26. The second-order valence-electron chi connectivity index (χ2n) is 6.14. The minimum absolute atomic E-state index is 0.168. The van der Waals surface area contributed by atoms with Gasteiger partial charge in [-0.25, -0.2) is 9.67 Å². The van der Waals surface area contributed by atoms with E-state index < -0.39 is 0 Å². The summed E-state index contributed by atoms with van der Waals surface area (Å²) in [6.07, 6.45) is 5.73. The van der Waals surface area contributed by atoms with Crippen LogP contribution in [0.5, 0.6) is 0 Å². The SMILES string of the molecule is O=C(NCc1cnc(-c2ccccc2)s1)c1cn(CC2CCCO2)nn1. The number of ether oxygens (including phenoxy) is 1. The summed E-state index contributed by atoms with van der Waals surface area (Å²) in [5, 5.41) is 11.8. The van der Waals surface area contributed by atoms with E-state index in [1.54, 1.807) is 28.4 Å². The van der Waals surface area contributed by atoms with Crippen LogP contribution in [0.1, 0.15) is 28.2 Å². The molecule has 8 heteroatoms. The molecule has 2 aromatic heterocycles. The van der Waals surface area contributed by atoms with Gasteiger partial charge in [-0.2, -0.15) is 0 Å². The highest BCUT2D eigenvalue weighted by molar-refractivity contribution is 7.15. The number of thiazole rings is 1. The number of benzene rings is 1. The summed E-state index contributed by atoms with van der Waals surface area (Å²) in [4.78, 5) is 17.7. The van der Waals surface area contributed by atoms with Crippen molar-refractivity contribution in [1.82, 2.24) is 25.3 Å². The van der Waals surface area contributed by atoms with Gasteiger partial charge in [0, 0.05) is 23.2 Å². The number of rotatable bonds is 6. The number of amides is 1. The lowest BCUT2D eigenvalue weighted by atomic mass is 10.2. The normalized spacial score (nSPS) is 16.7. The Morgan fingerprint density at radius 2 is 2.23 bits per heavy atom. The van der Waals surface area contributed by atoms with Crippen molar-refractivity contribution in [3.63, 3.8) is 0 Å². The van der Waals surface area contributed by atoms with E-state index in [-0.39, 0.29) is 12.0 Å². The summed E-state index contributed by atoms with van der Waals surface area (Å²) in [5.74, 6) is -0.238. The molecule has 1 aliphatic heterocycles. The van der Waals surface area contributed by atoms with E-state index in [2.05, 4.69) is 20.6 Å². The summed E-state index contributed by atoms with van der Waals surface area (Å²) >= 11 is 1.57. The van der Waals surface area contributed by atoms with E-state index in [0.29, 0.717) is 18.8 Å². The van der Waals surface area contributed by atoms with Crippen LogP contribution in [-0.4, -0.2) is 38.6 Å². The van der Waals surface area contributed by atoms with E-state index in [1.807, 2.05) is 30.3 Å². The fourth-order valence-electron chi connectivity index (χ4n) is 2.85. The van der Waals surface area contributed by atoms with Crippen molar-refractivity contribution in [2.45, 2.75) is 32.0 Å². The highest BCUT2D eigenvalue weighted by atomic mass is 32.1. The van der Waals surface area contributed by atoms with E-state index in [0.717, 1.165) is 34.9 Å². The second kappa shape index (κ2) is 7.76. The van der Waals surface area contributed by atoms with Crippen LogP contribution in [0.15, 0.2) is 42.7 Å². The lowest BCUT2D eigenvalue weighted by Gasteiger charge is -2.07. The van der Waals surface area contributed by atoms with E-state index in [1.165, 1.54) is 0 Å². The van der Waals surface area contributed by atoms with Crippen LogP contribution < -0.4 is 5.32 Å². The van der Waals surface area contributed by atoms with Crippen LogP contribution in [0.2, 0.25) is 0 Å². The van der Waals surface area contributed by atoms with Gasteiger partial charge in [0.1, 0.15) is 5.01 Å². The van der Waals surface area contributed by atoms with Crippen molar-refractivity contribution < 1.29 is 9.53 Å². The Labute approximate surface area is 155 Å². The lowest BCUT2D eigenvalue weighted by Crippen LogP contribution is -2.22. The zero-order chi connectivity index (χ0) is 17.8. The number of carbonyl (C=O) groups excluding carboxylic acids is 1. The molecule has 7 nitrogen and oxygen atoms in total. The maximum atomic E-state index is 12.3. The zero-order valence-corrected chi connectivity index (χ0v) is 15.0. The average Bonchev–Trinajstić information content (AvgIpc) is 3.43. The molecule has 3 heterocycles. The van der Waals surface area contributed by atoms with E-state index in [4.69, 9.17) is 4.74 Å². The Hall–Kier alpha value is -2.58. The molecule has 1 aliphatic rings. The van der Waals surface area contributed by atoms with Gasteiger partial charge in [-0.3, -0.25) is 4.79 Å². The molecule has 1 aromatic carbocycles. The maximum Gasteiger partial charge on any atom is 0.273 e. The monoisotopic (exact) mass is 369 g/mol. The van der Waals surface area contributed by atoms with Crippen molar-refractivity contribution in [2.24, 2.45) is 0 Å². The first kappa shape index (κ1) is 16.9. The molecule has 0 saturated carbocycles. The topological polar surface area (TPSA) is 81.9 Å². The largest absolute Gasteiger partial charge is 0.376 e. The maximum absolute atomic E-state index is 12.3. The molecule has 1 unspecified atom stereocenters. The minimum Gasteiger partial charge on any atom is -0.376 e. The Morgan fingerprint density at radius 3 is 3.04 bits per heavy atom. The first-order chi connectivity index (χ1) is 12.8. The van der Waals surface area contributed by atoms with Gasteiger partial charge in [-0.15, -0.1) is 16.4 Å². The number of hydrogen-bond acceptors (Lipinski definition) is 6. The molecule has 4 rings (SSSR count). The molecule has 0 spiro atoms. The first-order valence-electron chi connectivity index (χ1n) is 8.58. The van der Waals surface area contributed by atoms with Crippen LogP contribution in [-0.2, 0) is 17.8 Å². The van der Waals surface area contributed by atoms with Gasteiger partial charge in [0.25, 0.3) is 5.91 Å². The Kier molecular flexibility index (Phi) is 5.03. The van der Waals surface area contributed by atoms with Gasteiger partial charge in [-0.05, 0) is 12.8 Å². The van der Waals surface area contributed by atoms with Gasteiger partial charge >= 0.3 is 0 Å². The molecule has 1 N–H and O–H groups in total. The van der Waals surface area contributed by atoms with Gasteiger partial charge in [0.15, 0.2) is 5.69 Å². The molecule has 26 heavy (non-hydrogen) atoms. The molecule has 1 saturated heterocycles. The highest BCUT2D eigenvalue weighted by Crippen LogP contribution is 2.24. The quantitative estimate of drug-likeness (QED) is 0.722. The fourth-order valence-corrected chi connectivity index (χ4v) is 3.71. The highest BCUT2D eigenvalue weighted by Gasteiger charge is 2.18. The molecule has 0 aliphatic carbocycles. The first-order valence-corrected chi connectivity index (χ1v) is 9.39. The average molecular weight is 369 g/mol. The smallest absolute Gasteiger partial charge is 0.273 e. The van der Waals surface area contributed by atoms with Crippen molar-refractivity contribution >= 4 is 17.2 Å². The summed E-state index contributed by atoms with van der Waals surface area (Å²) in [6, 6.07) is 9.99. The van der Waals surface area contributed by atoms with E-state index in [9.17, 15) is 4.79 Å². The van der Waals surface area contributed by atoms with Gasteiger partial charge < -0.3 is 10.1 Å². The van der Waals surface area contributed by atoms with Gasteiger partial charge in [0.2, 0.25) is 0 Å². The van der Waals surface area contributed by atoms with Crippen molar-refractivity contribution in [2.75, 3.05) is 6.61 Å². The molecular formula is C18H19N5O2S. The molecular weight excluding hydrogens is 350 g/mol. The van der Waals surface area contributed by atoms with Crippen LogP contribution in [0, 0.1) is 0 Å². The van der Waals surface area contributed by atoms with Gasteiger partial charge in [0.05, 0.1) is 25.4 Å². The fraction of sp³-hybridized carbons (Fsp3) is 0.333. The third kappa shape index (κ3) is 3.97. The Morgan fingerprint density at radius 1 is 1.35 bits per heavy atom. The van der Waals surface area contributed by atoms with Crippen molar-refractivity contribution in [1.29, 1.82) is 0 Å². The molecule has 1 fully saturated rings. The predicted molar refractivity (Wildman–Crippen MR) is 97.7 cm³/mol. The Bertz CT molecular complexity index is 871. The minimum atomic E-state index is -0.238. The van der Waals surface area contributed by atoms with Crippen LogP contribution in [0.25, 0.3) is 10.6 Å². The number of nitrogens with one attached hydrogen (secondary N) is 1. The summed E-state index contributed by atoms with van der Waals surface area (Å²) < 4.78 is 7.25. The Balaban J connectivity index is 1.32. The van der Waals surface area contributed by atoms with Crippen LogP contribution >= 0.6 is 11.3 Å². The number of aromatic nitrogens is 4. The third-order valence-corrected chi connectivity index (χ3v) is 5.23. The van der Waals surface area contributed by atoms with Crippen LogP contribution in [0.4, 0.5) is 0 Å². The summed E-state index contributed by atoms with van der Waals surface area (Å²) in [7, 11) is 0. The van der Waals surface area contributed by atoms with Crippen molar-refractivity contribution in [3.8, 4) is 10.6 Å². The number of carbonyl (C=O) groups is 1. The van der Waals surface area contributed by atoms with Crippen LogP contribution in [0.3, 0.4) is 0 Å². The number of nitrogens with zero attached hydrogens (tertiary/aromatic N) is 4. The number of hydrogen-bond donors (Lipinski definition) is 1. The lowest BCUT2D eigenvalue weighted by molar-refractivity contribution is 0.0929. The predicted octanol–water partition coefficient (Wildman–Crippen LogP) is 2.51. The molecule has 134 valence electrons. The zero-order valence-electron chi connectivity index (χ0n) is 14.2. The molecule has 1 amide bonds. The third-order valence-electron chi connectivity index (χ3n) is 4.18. The molecule has 0 radical (unpaired) electrons. The van der Waals surface area contributed by atoms with Crippen molar-refractivity contribution in [3.05, 3.63) is 53.3 Å². The molecule has 3 aromatic rings. The summed E-state index contributed by atoms with van der Waals surface area (Å²) in [6.45, 7) is 1.85. The molecule has 1 atom stereocenters. The van der Waals surface area contributed by atoms with E-state index >= 15 is 0 Å². The standard InChI is InChI=1S/C18H19N5O2S/c24-17(16-12-23(22-21-16)11-14-7-4-8-25-14)19-9-15-10-20-18(26-15)13-5-2-1-3-6-13/h1-3,5-6,10,12,14H,4,7-9,11H2,(H,19,24). The van der Waals surface area contributed by atoms with Gasteiger partial charge in [-0.1, -0.05) is 35.5 Å².